The van der Waals surface area contributed by atoms with Gasteiger partial charge in [-0.05, 0) is 54.3 Å². The zero-order valence-corrected chi connectivity index (χ0v) is 18.2. The van der Waals surface area contributed by atoms with E-state index in [4.69, 9.17) is 9.47 Å². The molecular weight excluding hydrogens is 398 g/mol. The normalized spacial score (nSPS) is 11.8. The Morgan fingerprint density at radius 1 is 0.938 bits per heavy atom. The van der Waals surface area contributed by atoms with Gasteiger partial charge in [0.1, 0.15) is 24.0 Å². The highest BCUT2D eigenvalue weighted by Gasteiger charge is 2.18. The van der Waals surface area contributed by atoms with Gasteiger partial charge in [-0.3, -0.25) is 4.98 Å². The van der Waals surface area contributed by atoms with Crippen molar-refractivity contribution in [2.24, 2.45) is 0 Å². The molecule has 32 heavy (non-hydrogen) atoms. The molecule has 1 unspecified atom stereocenters. The quantitative estimate of drug-likeness (QED) is 0.274. The van der Waals surface area contributed by atoms with Crippen molar-refractivity contribution in [2.45, 2.75) is 38.9 Å². The molecule has 0 saturated carbocycles. The van der Waals surface area contributed by atoms with Gasteiger partial charge in [-0.25, -0.2) is 4.79 Å². The number of aromatic nitrogens is 1. The number of hydrogen-bond acceptors (Lipinski definition) is 4. The van der Waals surface area contributed by atoms with Crippen LogP contribution in [0.4, 0.5) is 0 Å². The van der Waals surface area contributed by atoms with Crippen molar-refractivity contribution in [2.75, 3.05) is 0 Å². The molecular formula is C28H27NO3. The van der Waals surface area contributed by atoms with Crippen LogP contribution in [0.15, 0.2) is 91.1 Å². The van der Waals surface area contributed by atoms with Crippen LogP contribution in [0.2, 0.25) is 0 Å². The van der Waals surface area contributed by atoms with E-state index in [0.29, 0.717) is 12.2 Å². The van der Waals surface area contributed by atoms with Gasteiger partial charge in [-0.15, -0.1) is 0 Å². The number of rotatable bonds is 9. The van der Waals surface area contributed by atoms with Gasteiger partial charge in [0.05, 0.1) is 5.56 Å². The molecule has 0 fully saturated rings. The van der Waals surface area contributed by atoms with E-state index in [1.54, 1.807) is 18.3 Å². The zero-order chi connectivity index (χ0) is 22.2. The number of carbonyl (C=O) groups is 1. The highest BCUT2D eigenvalue weighted by atomic mass is 16.5. The van der Waals surface area contributed by atoms with Gasteiger partial charge < -0.3 is 9.47 Å². The summed E-state index contributed by atoms with van der Waals surface area (Å²) in [5.41, 5.74) is 3.42. The van der Waals surface area contributed by atoms with Crippen LogP contribution in [0.5, 0.6) is 5.75 Å². The summed E-state index contributed by atoms with van der Waals surface area (Å²) in [5.74, 6) is 0.460. The van der Waals surface area contributed by atoms with Crippen LogP contribution in [0.25, 0.3) is 10.9 Å². The van der Waals surface area contributed by atoms with Crippen LogP contribution < -0.4 is 4.74 Å². The van der Waals surface area contributed by atoms with E-state index in [1.807, 2.05) is 66.7 Å². The second-order valence-electron chi connectivity index (χ2n) is 7.77. The molecule has 0 saturated heterocycles. The summed E-state index contributed by atoms with van der Waals surface area (Å²) >= 11 is 0. The maximum absolute atomic E-state index is 12.7. The van der Waals surface area contributed by atoms with Crippen LogP contribution >= 0.6 is 0 Å². The van der Waals surface area contributed by atoms with Gasteiger partial charge in [0.15, 0.2) is 0 Å². The first-order chi connectivity index (χ1) is 15.7. The van der Waals surface area contributed by atoms with E-state index >= 15 is 0 Å². The number of carbonyl (C=O) groups excluding carboxylic acids is 1. The van der Waals surface area contributed by atoms with Crippen LogP contribution in [0, 0.1) is 0 Å². The Balaban J connectivity index is 1.50. The fourth-order valence-electron chi connectivity index (χ4n) is 3.69. The SMILES string of the molecule is CCCCC(OC(=O)c1ccccc1)c1cccc(COc2cccc3cccnc23)c1. The van der Waals surface area contributed by atoms with Gasteiger partial charge in [-0.1, -0.05) is 67.9 Å². The number of hydrogen-bond donors (Lipinski definition) is 0. The molecule has 4 aromatic rings. The van der Waals surface area contributed by atoms with Crippen molar-refractivity contribution in [1.82, 2.24) is 4.98 Å². The largest absolute Gasteiger partial charge is 0.487 e. The summed E-state index contributed by atoms with van der Waals surface area (Å²) in [6.07, 6.45) is 4.29. The van der Waals surface area contributed by atoms with E-state index in [2.05, 4.69) is 18.0 Å². The summed E-state index contributed by atoms with van der Waals surface area (Å²) < 4.78 is 12.0. The zero-order valence-electron chi connectivity index (χ0n) is 18.2. The number of esters is 1. The molecule has 0 aliphatic heterocycles. The fraction of sp³-hybridized carbons (Fsp3) is 0.214. The number of ether oxygens (including phenoxy) is 2. The third-order valence-electron chi connectivity index (χ3n) is 5.39. The van der Waals surface area contributed by atoms with E-state index in [9.17, 15) is 4.79 Å². The molecule has 0 aliphatic rings. The topological polar surface area (TPSA) is 48.4 Å². The van der Waals surface area contributed by atoms with E-state index in [1.165, 1.54) is 0 Å². The molecule has 1 aromatic heterocycles. The molecule has 4 heteroatoms. The van der Waals surface area contributed by atoms with Crippen LogP contribution in [-0.2, 0) is 11.3 Å². The lowest BCUT2D eigenvalue weighted by molar-refractivity contribution is 0.0271. The Morgan fingerprint density at radius 2 is 1.75 bits per heavy atom. The lowest BCUT2D eigenvalue weighted by Crippen LogP contribution is -2.12. The Bertz CT molecular complexity index is 1170. The maximum atomic E-state index is 12.7. The second kappa shape index (κ2) is 10.6. The predicted octanol–water partition coefficient (Wildman–Crippen LogP) is 6.90. The number of para-hydroxylation sites is 1. The third kappa shape index (κ3) is 5.33. The highest BCUT2D eigenvalue weighted by Crippen LogP contribution is 2.27. The molecule has 1 atom stereocenters. The molecule has 0 N–H and O–H groups in total. The van der Waals surface area contributed by atoms with Crippen molar-refractivity contribution < 1.29 is 14.3 Å². The Kier molecular flexibility index (Phi) is 7.13. The summed E-state index contributed by atoms with van der Waals surface area (Å²) in [4.78, 5) is 17.1. The summed E-state index contributed by atoms with van der Waals surface area (Å²) in [7, 11) is 0. The van der Waals surface area contributed by atoms with Crippen molar-refractivity contribution in [3.05, 3.63) is 108 Å². The molecule has 0 amide bonds. The van der Waals surface area contributed by atoms with Crippen LogP contribution in [0.1, 0.15) is 53.8 Å². The second-order valence-corrected chi connectivity index (χ2v) is 7.77. The standard InChI is InChI=1S/C28H27NO3/c1-2-3-16-25(32-28(30)23-11-5-4-6-12-23)24-14-7-10-21(19-24)20-31-26-17-8-13-22-15-9-18-29-27(22)26/h4-15,17-19,25H,2-3,16,20H2,1H3. The molecule has 0 spiro atoms. The number of unbranched alkanes of at least 4 members (excludes halogenated alkanes) is 1. The van der Waals surface area contributed by atoms with Gasteiger partial charge in [0.25, 0.3) is 0 Å². The molecule has 0 bridgehead atoms. The van der Waals surface area contributed by atoms with E-state index in [0.717, 1.165) is 47.0 Å². The summed E-state index contributed by atoms with van der Waals surface area (Å²) in [5, 5.41) is 1.05. The third-order valence-corrected chi connectivity index (χ3v) is 5.39. The first-order valence-electron chi connectivity index (χ1n) is 11.1. The van der Waals surface area contributed by atoms with Crippen molar-refractivity contribution in [3.8, 4) is 5.75 Å². The first-order valence-corrected chi connectivity index (χ1v) is 11.1. The average Bonchev–Trinajstić information content (AvgIpc) is 2.86. The number of pyridine rings is 1. The number of nitrogens with zero attached hydrogens (tertiary/aromatic N) is 1. The van der Waals surface area contributed by atoms with Gasteiger partial charge in [0, 0.05) is 11.6 Å². The number of benzene rings is 3. The molecule has 1 heterocycles. The average molecular weight is 426 g/mol. The molecule has 162 valence electrons. The van der Waals surface area contributed by atoms with Gasteiger partial charge >= 0.3 is 5.97 Å². The molecule has 0 aliphatic carbocycles. The summed E-state index contributed by atoms with van der Waals surface area (Å²) in [6, 6.07) is 27.1. The minimum atomic E-state index is -0.296. The number of fused-ring (bicyclic) bond motifs is 1. The molecule has 0 radical (unpaired) electrons. The fourth-order valence-corrected chi connectivity index (χ4v) is 3.69. The lowest BCUT2D eigenvalue weighted by Gasteiger charge is -2.19. The minimum absolute atomic E-state index is 0.290. The first kappa shape index (κ1) is 21.6. The van der Waals surface area contributed by atoms with E-state index in [-0.39, 0.29) is 12.1 Å². The highest BCUT2D eigenvalue weighted by molar-refractivity contribution is 5.89. The lowest BCUT2D eigenvalue weighted by atomic mass is 10.0. The molecule has 4 nitrogen and oxygen atoms in total. The Morgan fingerprint density at radius 3 is 2.59 bits per heavy atom. The predicted molar refractivity (Wildman–Crippen MR) is 127 cm³/mol. The Labute approximate surface area is 188 Å². The molecule has 4 rings (SSSR count). The van der Waals surface area contributed by atoms with E-state index < -0.39 is 0 Å². The summed E-state index contributed by atoms with van der Waals surface area (Å²) in [6.45, 7) is 2.55. The van der Waals surface area contributed by atoms with Gasteiger partial charge in [0.2, 0.25) is 0 Å². The van der Waals surface area contributed by atoms with Crippen molar-refractivity contribution in [1.29, 1.82) is 0 Å². The maximum Gasteiger partial charge on any atom is 0.338 e. The van der Waals surface area contributed by atoms with Gasteiger partial charge in [-0.2, -0.15) is 0 Å². The monoisotopic (exact) mass is 425 g/mol. The smallest absolute Gasteiger partial charge is 0.338 e. The molecule has 3 aromatic carbocycles. The Hall–Kier alpha value is -3.66. The van der Waals surface area contributed by atoms with Crippen LogP contribution in [-0.4, -0.2) is 11.0 Å². The minimum Gasteiger partial charge on any atom is -0.487 e. The van der Waals surface area contributed by atoms with Crippen LogP contribution in [0.3, 0.4) is 0 Å². The van der Waals surface area contributed by atoms with Crippen molar-refractivity contribution >= 4 is 16.9 Å². The van der Waals surface area contributed by atoms with Crippen molar-refractivity contribution in [3.63, 3.8) is 0 Å².